The van der Waals surface area contributed by atoms with E-state index in [1.807, 2.05) is 0 Å². The lowest BCUT2D eigenvalue weighted by molar-refractivity contribution is 0.0549. The van der Waals surface area contributed by atoms with Gasteiger partial charge in [0.25, 0.3) is 0 Å². The topological polar surface area (TPSA) is 38.5 Å². The summed E-state index contributed by atoms with van der Waals surface area (Å²) in [5.41, 5.74) is 9.57. The molecule has 100 valence electrons. The van der Waals surface area contributed by atoms with E-state index in [4.69, 9.17) is 10.5 Å². The predicted molar refractivity (Wildman–Crippen MR) is 76.1 cm³/mol. The Morgan fingerprint density at radius 3 is 2.61 bits per heavy atom. The number of ether oxygens (including phenoxy) is 1. The number of hydrogen-bond acceptors (Lipinski definition) is 3. The molecule has 1 aliphatic rings. The van der Waals surface area contributed by atoms with Gasteiger partial charge < -0.3 is 15.4 Å². The minimum absolute atomic E-state index is 0.266. The van der Waals surface area contributed by atoms with Gasteiger partial charge in [-0.25, -0.2) is 0 Å². The third-order valence-corrected chi connectivity index (χ3v) is 3.70. The summed E-state index contributed by atoms with van der Waals surface area (Å²) in [4.78, 5) is 2.29. The van der Waals surface area contributed by atoms with Gasteiger partial charge in [-0.05, 0) is 38.3 Å². The average molecular weight is 248 g/mol. The molecule has 2 atom stereocenters. The zero-order valence-electron chi connectivity index (χ0n) is 11.6. The lowest BCUT2D eigenvalue weighted by Crippen LogP contribution is -2.30. The largest absolute Gasteiger partial charge is 0.372 e. The van der Waals surface area contributed by atoms with Gasteiger partial charge >= 0.3 is 0 Å². The Kier molecular flexibility index (Phi) is 4.25. The number of hydrogen-bond donors (Lipinski definition) is 1. The SMILES string of the molecule is Cc1ccc(N(C)CC2CCC(CN)O2)c(C)c1. The van der Waals surface area contributed by atoms with Crippen molar-refractivity contribution in [3.05, 3.63) is 29.3 Å². The van der Waals surface area contributed by atoms with E-state index in [1.54, 1.807) is 0 Å². The molecular weight excluding hydrogens is 224 g/mol. The molecule has 3 nitrogen and oxygen atoms in total. The number of nitrogens with zero attached hydrogens (tertiary/aromatic N) is 1. The van der Waals surface area contributed by atoms with E-state index in [0.717, 1.165) is 19.4 Å². The van der Waals surface area contributed by atoms with Crippen molar-refractivity contribution in [1.82, 2.24) is 0 Å². The van der Waals surface area contributed by atoms with E-state index in [0.29, 0.717) is 12.6 Å². The Hall–Kier alpha value is -1.06. The zero-order chi connectivity index (χ0) is 13.1. The number of anilines is 1. The smallest absolute Gasteiger partial charge is 0.0755 e. The summed E-state index contributed by atoms with van der Waals surface area (Å²) in [6.45, 7) is 5.88. The van der Waals surface area contributed by atoms with E-state index < -0.39 is 0 Å². The van der Waals surface area contributed by atoms with Gasteiger partial charge in [-0.2, -0.15) is 0 Å². The average Bonchev–Trinajstić information content (AvgIpc) is 2.76. The number of likely N-dealkylation sites (N-methyl/N-ethyl adjacent to an activating group) is 1. The molecule has 0 aromatic heterocycles. The second-order valence-corrected chi connectivity index (χ2v) is 5.36. The molecule has 0 bridgehead atoms. The predicted octanol–water partition coefficient (Wildman–Crippen LogP) is 2.25. The normalized spacial score (nSPS) is 23.3. The quantitative estimate of drug-likeness (QED) is 0.888. The Morgan fingerprint density at radius 2 is 2.00 bits per heavy atom. The van der Waals surface area contributed by atoms with E-state index in [2.05, 4.69) is 44.0 Å². The van der Waals surface area contributed by atoms with E-state index in [-0.39, 0.29) is 6.10 Å². The number of aryl methyl sites for hydroxylation is 2. The number of benzene rings is 1. The maximum atomic E-state index is 5.90. The van der Waals surface area contributed by atoms with Gasteiger partial charge in [0.15, 0.2) is 0 Å². The molecule has 0 amide bonds. The summed E-state index contributed by atoms with van der Waals surface area (Å²) in [7, 11) is 2.14. The first-order valence-corrected chi connectivity index (χ1v) is 6.74. The summed E-state index contributed by atoms with van der Waals surface area (Å²) in [5, 5.41) is 0. The van der Waals surface area contributed by atoms with Crippen LogP contribution in [0.25, 0.3) is 0 Å². The van der Waals surface area contributed by atoms with Gasteiger partial charge in [0.1, 0.15) is 0 Å². The first-order valence-electron chi connectivity index (χ1n) is 6.74. The van der Waals surface area contributed by atoms with Crippen molar-refractivity contribution in [2.24, 2.45) is 5.73 Å². The molecule has 2 N–H and O–H groups in total. The molecule has 0 saturated carbocycles. The molecule has 18 heavy (non-hydrogen) atoms. The fraction of sp³-hybridized carbons (Fsp3) is 0.600. The van der Waals surface area contributed by atoms with Crippen molar-refractivity contribution in [2.75, 3.05) is 25.0 Å². The van der Waals surface area contributed by atoms with Crippen molar-refractivity contribution < 1.29 is 4.74 Å². The Bertz CT molecular complexity index is 405. The minimum atomic E-state index is 0.266. The molecule has 1 heterocycles. The Morgan fingerprint density at radius 1 is 1.28 bits per heavy atom. The Labute approximate surface area is 110 Å². The molecule has 0 radical (unpaired) electrons. The van der Waals surface area contributed by atoms with Gasteiger partial charge in [-0.3, -0.25) is 0 Å². The molecule has 1 fully saturated rings. The fourth-order valence-electron chi connectivity index (χ4n) is 2.73. The molecule has 3 heteroatoms. The zero-order valence-corrected chi connectivity index (χ0v) is 11.6. The Balaban J connectivity index is 1.97. The molecule has 1 aromatic rings. The highest BCUT2D eigenvalue weighted by molar-refractivity contribution is 5.53. The van der Waals surface area contributed by atoms with Crippen LogP contribution >= 0.6 is 0 Å². The van der Waals surface area contributed by atoms with Crippen LogP contribution in [-0.2, 0) is 4.74 Å². The number of rotatable bonds is 4. The summed E-state index contributed by atoms with van der Waals surface area (Å²) in [6.07, 6.45) is 2.81. The summed E-state index contributed by atoms with van der Waals surface area (Å²) < 4.78 is 5.90. The maximum Gasteiger partial charge on any atom is 0.0755 e. The van der Waals surface area contributed by atoms with Crippen molar-refractivity contribution in [1.29, 1.82) is 0 Å². The standard InChI is InChI=1S/C15H24N2O/c1-11-4-7-15(12(2)8-11)17(3)10-14-6-5-13(9-16)18-14/h4,7-8,13-14H,5-6,9-10,16H2,1-3H3. The molecule has 2 unspecified atom stereocenters. The molecule has 0 spiro atoms. The first-order chi connectivity index (χ1) is 8.60. The molecule has 1 aromatic carbocycles. The van der Waals surface area contributed by atoms with Gasteiger partial charge in [-0.1, -0.05) is 17.7 Å². The maximum absolute atomic E-state index is 5.90. The lowest BCUT2D eigenvalue weighted by atomic mass is 10.1. The van der Waals surface area contributed by atoms with Crippen LogP contribution in [0, 0.1) is 13.8 Å². The van der Waals surface area contributed by atoms with Crippen LogP contribution in [0.5, 0.6) is 0 Å². The summed E-state index contributed by atoms with van der Waals surface area (Å²) in [6, 6.07) is 6.58. The van der Waals surface area contributed by atoms with Crippen LogP contribution < -0.4 is 10.6 Å². The second kappa shape index (κ2) is 5.72. The molecular formula is C15H24N2O. The van der Waals surface area contributed by atoms with Crippen LogP contribution in [0.15, 0.2) is 18.2 Å². The molecule has 1 saturated heterocycles. The minimum Gasteiger partial charge on any atom is -0.372 e. The molecule has 2 rings (SSSR count). The first kappa shape index (κ1) is 13.4. The summed E-state index contributed by atoms with van der Waals surface area (Å²) >= 11 is 0. The van der Waals surface area contributed by atoms with Crippen LogP contribution in [-0.4, -0.2) is 32.3 Å². The van der Waals surface area contributed by atoms with Gasteiger partial charge in [0, 0.05) is 25.8 Å². The van der Waals surface area contributed by atoms with Crippen molar-refractivity contribution in [2.45, 2.75) is 38.9 Å². The van der Waals surface area contributed by atoms with E-state index in [1.165, 1.54) is 16.8 Å². The van der Waals surface area contributed by atoms with Crippen LogP contribution in [0.4, 0.5) is 5.69 Å². The monoisotopic (exact) mass is 248 g/mol. The third kappa shape index (κ3) is 3.03. The highest BCUT2D eigenvalue weighted by Gasteiger charge is 2.25. The van der Waals surface area contributed by atoms with Gasteiger partial charge in [0.05, 0.1) is 12.2 Å². The van der Waals surface area contributed by atoms with Gasteiger partial charge in [0.2, 0.25) is 0 Å². The van der Waals surface area contributed by atoms with E-state index in [9.17, 15) is 0 Å². The van der Waals surface area contributed by atoms with Crippen molar-refractivity contribution in [3.8, 4) is 0 Å². The van der Waals surface area contributed by atoms with E-state index >= 15 is 0 Å². The van der Waals surface area contributed by atoms with Crippen LogP contribution in [0.2, 0.25) is 0 Å². The lowest BCUT2D eigenvalue weighted by Gasteiger charge is -2.25. The fourth-order valence-corrected chi connectivity index (χ4v) is 2.73. The molecule has 1 aliphatic heterocycles. The van der Waals surface area contributed by atoms with Crippen molar-refractivity contribution in [3.63, 3.8) is 0 Å². The highest BCUT2D eigenvalue weighted by Crippen LogP contribution is 2.24. The summed E-state index contributed by atoms with van der Waals surface area (Å²) in [5.74, 6) is 0. The van der Waals surface area contributed by atoms with Crippen LogP contribution in [0.1, 0.15) is 24.0 Å². The van der Waals surface area contributed by atoms with Crippen molar-refractivity contribution >= 4 is 5.69 Å². The van der Waals surface area contributed by atoms with Gasteiger partial charge in [-0.15, -0.1) is 0 Å². The van der Waals surface area contributed by atoms with Crippen LogP contribution in [0.3, 0.4) is 0 Å². The third-order valence-electron chi connectivity index (χ3n) is 3.70. The molecule has 0 aliphatic carbocycles. The number of nitrogens with two attached hydrogens (primary N) is 1. The highest BCUT2D eigenvalue weighted by atomic mass is 16.5. The second-order valence-electron chi connectivity index (χ2n) is 5.36.